The van der Waals surface area contributed by atoms with Crippen molar-refractivity contribution in [3.8, 4) is 23.0 Å². The number of phenolic OH excluding ortho intramolecular Hbond substituents is 2. The molecule has 1 aliphatic heterocycles. The van der Waals surface area contributed by atoms with Crippen molar-refractivity contribution in [2.75, 3.05) is 13.7 Å². The molecule has 8 nitrogen and oxygen atoms in total. The molecule has 26 heavy (non-hydrogen) atoms. The van der Waals surface area contributed by atoms with Gasteiger partial charge in [0.15, 0.2) is 29.5 Å². The van der Waals surface area contributed by atoms with Gasteiger partial charge in [0.05, 0.1) is 12.7 Å². The van der Waals surface area contributed by atoms with Gasteiger partial charge in [-0.3, -0.25) is 4.79 Å². The summed E-state index contributed by atoms with van der Waals surface area (Å²) in [6.07, 6.45) is -2.19. The number of ketones is 1. The summed E-state index contributed by atoms with van der Waals surface area (Å²) >= 11 is 0. The molecule has 0 aromatic heterocycles. The number of hydrogen-bond acceptors (Lipinski definition) is 7. The van der Waals surface area contributed by atoms with E-state index < -0.39 is 30.6 Å². The quantitative estimate of drug-likeness (QED) is 0.739. The minimum Gasteiger partial charge on any atom is -0.508 e. The molecule has 0 fully saturated rings. The first kappa shape index (κ1) is 17.6. The number of aliphatic carboxylic acids is 1. The highest BCUT2D eigenvalue weighted by molar-refractivity contribution is 6.03. The van der Waals surface area contributed by atoms with Crippen LogP contribution in [0.2, 0.25) is 0 Å². The Balaban J connectivity index is 2.04. The van der Waals surface area contributed by atoms with Crippen molar-refractivity contribution in [2.45, 2.75) is 12.2 Å². The summed E-state index contributed by atoms with van der Waals surface area (Å²) in [6, 6.07) is 8.37. The van der Waals surface area contributed by atoms with E-state index in [1.807, 2.05) is 0 Å². The van der Waals surface area contributed by atoms with Gasteiger partial charge in [-0.15, -0.1) is 0 Å². The lowest BCUT2D eigenvalue weighted by molar-refractivity contribution is -0.145. The van der Waals surface area contributed by atoms with Gasteiger partial charge in [0.25, 0.3) is 0 Å². The maximum atomic E-state index is 12.8. The van der Waals surface area contributed by atoms with Crippen molar-refractivity contribution in [1.29, 1.82) is 0 Å². The normalized spacial score (nSPS) is 18.7. The van der Waals surface area contributed by atoms with Gasteiger partial charge < -0.3 is 29.5 Å². The zero-order valence-electron chi connectivity index (χ0n) is 13.7. The molecule has 1 aliphatic rings. The Morgan fingerprint density at radius 2 is 1.96 bits per heavy atom. The van der Waals surface area contributed by atoms with Crippen LogP contribution in [-0.4, -0.2) is 46.9 Å². The Hall–Kier alpha value is -3.26. The molecular formula is C18H16O8. The molecule has 0 radical (unpaired) electrons. The van der Waals surface area contributed by atoms with Crippen molar-refractivity contribution in [1.82, 2.24) is 0 Å². The zero-order chi connectivity index (χ0) is 18.8. The van der Waals surface area contributed by atoms with E-state index in [0.717, 1.165) is 0 Å². The number of carboxylic acids is 1. The predicted molar refractivity (Wildman–Crippen MR) is 87.8 cm³/mol. The molecule has 0 saturated carbocycles. The van der Waals surface area contributed by atoms with Crippen LogP contribution in [0.3, 0.4) is 0 Å². The molecule has 0 amide bonds. The van der Waals surface area contributed by atoms with Crippen molar-refractivity contribution in [3.05, 3.63) is 47.5 Å². The van der Waals surface area contributed by atoms with E-state index in [1.54, 1.807) is 0 Å². The van der Waals surface area contributed by atoms with Crippen LogP contribution in [0.15, 0.2) is 36.4 Å². The lowest BCUT2D eigenvalue weighted by Gasteiger charge is -2.32. The molecule has 0 spiro atoms. The highest BCUT2D eigenvalue weighted by Crippen LogP contribution is 2.40. The van der Waals surface area contributed by atoms with Crippen LogP contribution in [0.1, 0.15) is 22.0 Å². The highest BCUT2D eigenvalue weighted by Gasteiger charge is 2.40. The van der Waals surface area contributed by atoms with Gasteiger partial charge in [0.2, 0.25) is 0 Å². The smallest absolute Gasteiger partial charge is 0.329 e. The molecule has 0 unspecified atom stereocenters. The Morgan fingerprint density at radius 1 is 1.19 bits per heavy atom. The van der Waals surface area contributed by atoms with E-state index >= 15 is 0 Å². The number of ether oxygens (including phenoxy) is 3. The first-order chi connectivity index (χ1) is 12.4. The fourth-order valence-corrected chi connectivity index (χ4v) is 2.74. The van der Waals surface area contributed by atoms with Gasteiger partial charge in [-0.2, -0.15) is 0 Å². The molecule has 0 bridgehead atoms. The van der Waals surface area contributed by atoms with Gasteiger partial charge in [-0.25, -0.2) is 4.79 Å². The zero-order valence-corrected chi connectivity index (χ0v) is 13.7. The number of aromatic hydroxyl groups is 2. The Kier molecular flexibility index (Phi) is 4.68. The molecular weight excluding hydrogens is 344 g/mol. The van der Waals surface area contributed by atoms with Crippen LogP contribution in [0.25, 0.3) is 0 Å². The first-order valence-corrected chi connectivity index (χ1v) is 7.65. The summed E-state index contributed by atoms with van der Waals surface area (Å²) in [6.45, 7) is -0.682. The molecule has 3 rings (SSSR count). The summed E-state index contributed by atoms with van der Waals surface area (Å²) in [5.74, 6) is -1.55. The number of methoxy groups -OCH3 is 1. The average molecular weight is 360 g/mol. The third-order valence-corrected chi connectivity index (χ3v) is 3.94. The Morgan fingerprint density at radius 3 is 2.65 bits per heavy atom. The predicted octanol–water partition coefficient (Wildman–Crippen LogP) is 1.89. The molecule has 2 aromatic carbocycles. The van der Waals surface area contributed by atoms with Crippen LogP contribution >= 0.6 is 0 Å². The second-order valence-electron chi connectivity index (χ2n) is 5.64. The second-order valence-corrected chi connectivity index (χ2v) is 5.64. The van der Waals surface area contributed by atoms with Gasteiger partial charge >= 0.3 is 5.97 Å². The third-order valence-electron chi connectivity index (χ3n) is 3.94. The third kappa shape index (κ3) is 3.27. The standard InChI is InChI=1S/C18H16O8/c1-24-14-6-9(2-5-12(14)20)17-18(25-8-15(21)22)16(23)11-4-3-10(19)7-13(11)26-17/h2-7,17-20H,8H2,1H3,(H,21,22)/t17-,18+/m1/s1. The summed E-state index contributed by atoms with van der Waals surface area (Å²) < 4.78 is 16.2. The van der Waals surface area contributed by atoms with E-state index in [0.29, 0.717) is 5.56 Å². The van der Waals surface area contributed by atoms with Crippen molar-refractivity contribution in [3.63, 3.8) is 0 Å². The van der Waals surface area contributed by atoms with Crippen LogP contribution in [0, 0.1) is 0 Å². The number of hydrogen-bond donors (Lipinski definition) is 3. The molecule has 136 valence electrons. The monoisotopic (exact) mass is 360 g/mol. The van der Waals surface area contributed by atoms with E-state index in [2.05, 4.69) is 0 Å². The SMILES string of the molecule is COc1cc([C@H]2Oc3cc(O)ccc3C(=O)[C@@H]2OCC(=O)O)ccc1O. The number of phenols is 2. The van der Waals surface area contributed by atoms with Crippen molar-refractivity contribution < 1.29 is 39.1 Å². The van der Waals surface area contributed by atoms with E-state index in [-0.39, 0.29) is 28.6 Å². The minimum absolute atomic E-state index is 0.0801. The van der Waals surface area contributed by atoms with E-state index in [4.69, 9.17) is 19.3 Å². The van der Waals surface area contributed by atoms with Crippen LogP contribution in [-0.2, 0) is 9.53 Å². The number of carboxylic acid groups (broad SMARTS) is 1. The molecule has 3 N–H and O–H groups in total. The lowest BCUT2D eigenvalue weighted by Crippen LogP contribution is -2.39. The Labute approximate surface area is 148 Å². The number of fused-ring (bicyclic) bond motifs is 1. The molecule has 2 atom stereocenters. The number of Topliss-reactive ketones (excluding diaryl/α,β-unsaturated/α-hetero) is 1. The summed E-state index contributed by atoms with van der Waals surface area (Å²) in [5, 5.41) is 28.3. The van der Waals surface area contributed by atoms with E-state index in [1.165, 1.54) is 43.5 Å². The van der Waals surface area contributed by atoms with Crippen LogP contribution in [0.4, 0.5) is 0 Å². The molecule has 2 aromatic rings. The number of benzene rings is 2. The molecule has 0 aliphatic carbocycles. The maximum Gasteiger partial charge on any atom is 0.329 e. The van der Waals surface area contributed by atoms with Crippen molar-refractivity contribution in [2.24, 2.45) is 0 Å². The summed E-state index contributed by atoms with van der Waals surface area (Å²) in [5.41, 5.74) is 0.623. The van der Waals surface area contributed by atoms with Gasteiger partial charge in [-0.1, -0.05) is 6.07 Å². The van der Waals surface area contributed by atoms with E-state index in [9.17, 15) is 19.8 Å². The first-order valence-electron chi connectivity index (χ1n) is 7.65. The summed E-state index contributed by atoms with van der Waals surface area (Å²) in [7, 11) is 1.37. The lowest BCUT2D eigenvalue weighted by atomic mass is 9.93. The average Bonchev–Trinajstić information content (AvgIpc) is 2.60. The largest absolute Gasteiger partial charge is 0.508 e. The van der Waals surface area contributed by atoms with Crippen LogP contribution in [0.5, 0.6) is 23.0 Å². The summed E-state index contributed by atoms with van der Waals surface area (Å²) in [4.78, 5) is 23.6. The Bertz CT molecular complexity index is 860. The highest BCUT2D eigenvalue weighted by atomic mass is 16.6. The van der Waals surface area contributed by atoms with Gasteiger partial charge in [0, 0.05) is 6.07 Å². The van der Waals surface area contributed by atoms with Crippen molar-refractivity contribution >= 4 is 11.8 Å². The number of rotatable bonds is 5. The topological polar surface area (TPSA) is 123 Å². The molecule has 0 saturated heterocycles. The fraction of sp³-hybridized carbons (Fsp3) is 0.222. The second kappa shape index (κ2) is 6.93. The van der Waals surface area contributed by atoms with Gasteiger partial charge in [-0.05, 0) is 29.8 Å². The number of carbonyl (C=O) groups excluding carboxylic acids is 1. The molecule has 1 heterocycles. The van der Waals surface area contributed by atoms with Crippen LogP contribution < -0.4 is 9.47 Å². The number of carbonyl (C=O) groups is 2. The van der Waals surface area contributed by atoms with Gasteiger partial charge in [0.1, 0.15) is 18.1 Å². The maximum absolute atomic E-state index is 12.8. The molecule has 8 heteroatoms. The minimum atomic E-state index is -1.23. The fourth-order valence-electron chi connectivity index (χ4n) is 2.74.